The van der Waals surface area contributed by atoms with Gasteiger partial charge < -0.3 is 9.32 Å². The molecular weight excluding hydrogens is 436 g/mol. The summed E-state index contributed by atoms with van der Waals surface area (Å²) < 4.78 is 30.9. The molecule has 0 N–H and O–H groups in total. The van der Waals surface area contributed by atoms with E-state index in [1.165, 1.54) is 0 Å². The third kappa shape index (κ3) is 5.75. The molecule has 0 unspecified atom stereocenters. The number of carbonyl (C=O) groups is 1. The van der Waals surface area contributed by atoms with Crippen LogP contribution in [0.5, 0.6) is 0 Å². The highest BCUT2D eigenvalue weighted by molar-refractivity contribution is 7.90. The molecule has 33 heavy (non-hydrogen) atoms. The van der Waals surface area contributed by atoms with Gasteiger partial charge in [0.1, 0.15) is 5.76 Å². The number of furan rings is 1. The van der Waals surface area contributed by atoms with Crippen LogP contribution in [0.4, 0.5) is 0 Å². The summed E-state index contributed by atoms with van der Waals surface area (Å²) in [4.78, 5) is 19.4. The van der Waals surface area contributed by atoms with Crippen molar-refractivity contribution in [1.29, 1.82) is 0 Å². The first-order valence-corrected chi connectivity index (χ1v) is 12.1. The topological polar surface area (TPSA) is 80.5 Å². The minimum Gasteiger partial charge on any atom is -0.467 e. The van der Waals surface area contributed by atoms with Crippen LogP contribution in [0.1, 0.15) is 32.8 Å². The summed E-state index contributed by atoms with van der Waals surface area (Å²) in [6.45, 7) is 2.59. The number of rotatable bonds is 8. The largest absolute Gasteiger partial charge is 0.467 e. The first-order valence-electron chi connectivity index (χ1n) is 10.5. The molecule has 0 bridgehead atoms. The highest BCUT2D eigenvalue weighted by atomic mass is 32.2. The Hall–Kier alpha value is -3.71. The smallest absolute Gasteiger partial charge is 0.254 e. The zero-order valence-electron chi connectivity index (χ0n) is 18.2. The highest BCUT2D eigenvalue weighted by Crippen LogP contribution is 2.19. The van der Waals surface area contributed by atoms with E-state index in [2.05, 4.69) is 4.98 Å². The summed E-state index contributed by atoms with van der Waals surface area (Å²) in [7, 11) is -3.47. The van der Waals surface area contributed by atoms with Gasteiger partial charge in [0.2, 0.25) is 0 Å². The molecule has 0 saturated carbocycles. The maximum absolute atomic E-state index is 13.3. The second-order valence-corrected chi connectivity index (χ2v) is 9.86. The number of nitrogens with zero attached hydrogens (tertiary/aromatic N) is 2. The Bertz CT molecular complexity index is 1300. The summed E-state index contributed by atoms with van der Waals surface area (Å²) in [5.74, 6) is 0.368. The molecule has 0 atom stereocenters. The number of hydrogen-bond donors (Lipinski definition) is 0. The van der Waals surface area contributed by atoms with Crippen molar-refractivity contribution in [1.82, 2.24) is 9.88 Å². The quantitative estimate of drug-likeness (QED) is 0.377. The van der Waals surface area contributed by atoms with Crippen molar-refractivity contribution in [2.75, 3.05) is 0 Å². The van der Waals surface area contributed by atoms with Crippen molar-refractivity contribution >= 4 is 15.7 Å². The van der Waals surface area contributed by atoms with Gasteiger partial charge in [0, 0.05) is 24.5 Å². The van der Waals surface area contributed by atoms with Crippen molar-refractivity contribution < 1.29 is 17.6 Å². The second kappa shape index (κ2) is 9.83. The fourth-order valence-corrected chi connectivity index (χ4v) is 4.83. The van der Waals surface area contributed by atoms with Gasteiger partial charge in [-0.05, 0) is 60.5 Å². The summed E-state index contributed by atoms with van der Waals surface area (Å²) in [6, 6.07) is 20.9. The highest BCUT2D eigenvalue weighted by Gasteiger charge is 2.19. The van der Waals surface area contributed by atoms with E-state index in [0.717, 1.165) is 11.1 Å². The van der Waals surface area contributed by atoms with E-state index in [4.69, 9.17) is 4.42 Å². The minimum atomic E-state index is -3.47. The fourth-order valence-electron chi connectivity index (χ4n) is 3.48. The number of aromatic nitrogens is 1. The van der Waals surface area contributed by atoms with Crippen molar-refractivity contribution in [3.63, 3.8) is 0 Å². The standard InChI is InChI=1S/C26H24N2O4S/c1-20-6-12-25(13-7-20)33(30,31)19-21-8-10-23(11-9-21)26(29)28(18-24-5-3-15-32-24)17-22-4-2-14-27-16-22/h2-16H,17-19H2,1H3. The van der Waals surface area contributed by atoms with Gasteiger partial charge in [0.15, 0.2) is 9.84 Å². The lowest BCUT2D eigenvalue weighted by atomic mass is 10.1. The van der Waals surface area contributed by atoms with Gasteiger partial charge >= 0.3 is 0 Å². The van der Waals surface area contributed by atoms with Gasteiger partial charge in [-0.3, -0.25) is 9.78 Å². The Morgan fingerprint density at radius 1 is 0.909 bits per heavy atom. The number of amides is 1. The minimum absolute atomic E-state index is 0.129. The normalized spacial score (nSPS) is 11.3. The Balaban J connectivity index is 1.51. The molecule has 6 nitrogen and oxygen atoms in total. The number of pyridine rings is 1. The first-order chi connectivity index (χ1) is 15.9. The molecule has 0 aliphatic heterocycles. The number of sulfone groups is 1. The maximum Gasteiger partial charge on any atom is 0.254 e. The molecule has 7 heteroatoms. The summed E-state index contributed by atoms with van der Waals surface area (Å²) >= 11 is 0. The van der Waals surface area contributed by atoms with Gasteiger partial charge in [-0.25, -0.2) is 8.42 Å². The molecule has 4 aromatic rings. The van der Waals surface area contributed by atoms with E-state index < -0.39 is 9.84 Å². The SMILES string of the molecule is Cc1ccc(S(=O)(=O)Cc2ccc(C(=O)N(Cc3cccnc3)Cc3ccco3)cc2)cc1. The number of hydrogen-bond acceptors (Lipinski definition) is 5. The van der Waals surface area contributed by atoms with Crippen molar-refractivity contribution in [3.8, 4) is 0 Å². The maximum atomic E-state index is 13.3. The summed E-state index contributed by atoms with van der Waals surface area (Å²) in [6.07, 6.45) is 4.98. The van der Waals surface area contributed by atoms with Crippen LogP contribution in [0.25, 0.3) is 0 Å². The van der Waals surface area contributed by atoms with Crippen LogP contribution >= 0.6 is 0 Å². The zero-order valence-corrected chi connectivity index (χ0v) is 19.0. The Morgan fingerprint density at radius 2 is 1.67 bits per heavy atom. The van der Waals surface area contributed by atoms with E-state index in [1.807, 2.05) is 25.1 Å². The lowest BCUT2D eigenvalue weighted by Gasteiger charge is -2.22. The molecule has 0 aliphatic rings. The predicted octanol–water partition coefficient (Wildman–Crippen LogP) is 4.80. The Labute approximate surface area is 193 Å². The van der Waals surface area contributed by atoms with Crippen LogP contribution in [0.15, 0.2) is 101 Å². The van der Waals surface area contributed by atoms with Crippen molar-refractivity contribution in [2.24, 2.45) is 0 Å². The van der Waals surface area contributed by atoms with Crippen LogP contribution in [-0.4, -0.2) is 24.2 Å². The molecule has 0 saturated heterocycles. The Morgan fingerprint density at radius 3 is 2.30 bits per heavy atom. The first kappa shape index (κ1) is 22.5. The molecule has 2 aromatic heterocycles. The average molecular weight is 461 g/mol. The summed E-state index contributed by atoms with van der Waals surface area (Å²) in [5.41, 5.74) is 3.00. The van der Waals surface area contributed by atoms with Gasteiger partial charge in [0.05, 0.1) is 23.5 Å². The van der Waals surface area contributed by atoms with E-state index in [-0.39, 0.29) is 16.6 Å². The van der Waals surface area contributed by atoms with Gasteiger partial charge in [-0.2, -0.15) is 0 Å². The van der Waals surface area contributed by atoms with E-state index in [1.54, 1.807) is 78.2 Å². The molecule has 0 spiro atoms. The predicted molar refractivity (Wildman–Crippen MR) is 125 cm³/mol. The fraction of sp³-hybridized carbons (Fsp3) is 0.154. The molecule has 1 amide bonds. The van der Waals surface area contributed by atoms with Gasteiger partial charge in [-0.15, -0.1) is 0 Å². The van der Waals surface area contributed by atoms with Crippen LogP contribution < -0.4 is 0 Å². The molecule has 0 radical (unpaired) electrons. The van der Waals surface area contributed by atoms with Gasteiger partial charge in [-0.1, -0.05) is 35.9 Å². The van der Waals surface area contributed by atoms with Crippen LogP contribution in [0, 0.1) is 6.92 Å². The lowest BCUT2D eigenvalue weighted by molar-refractivity contribution is 0.0717. The molecule has 0 aliphatic carbocycles. The molecule has 168 valence electrons. The lowest BCUT2D eigenvalue weighted by Crippen LogP contribution is -2.30. The monoisotopic (exact) mass is 460 g/mol. The van der Waals surface area contributed by atoms with E-state index >= 15 is 0 Å². The molecular formula is C26H24N2O4S. The third-order valence-electron chi connectivity index (χ3n) is 5.25. The molecule has 2 heterocycles. The molecule has 0 fully saturated rings. The average Bonchev–Trinajstić information content (AvgIpc) is 3.33. The second-order valence-electron chi connectivity index (χ2n) is 7.87. The van der Waals surface area contributed by atoms with Crippen LogP contribution in [0.3, 0.4) is 0 Å². The van der Waals surface area contributed by atoms with Crippen molar-refractivity contribution in [2.45, 2.75) is 30.7 Å². The number of benzene rings is 2. The van der Waals surface area contributed by atoms with Gasteiger partial charge in [0.25, 0.3) is 5.91 Å². The van der Waals surface area contributed by atoms with Crippen LogP contribution in [0.2, 0.25) is 0 Å². The van der Waals surface area contributed by atoms with E-state index in [9.17, 15) is 13.2 Å². The van der Waals surface area contributed by atoms with Crippen molar-refractivity contribution in [3.05, 3.63) is 119 Å². The molecule has 2 aromatic carbocycles. The molecule has 4 rings (SSSR count). The number of aryl methyl sites for hydroxylation is 1. The third-order valence-corrected chi connectivity index (χ3v) is 6.95. The van der Waals surface area contributed by atoms with E-state index in [0.29, 0.717) is 30.0 Å². The number of carbonyl (C=O) groups excluding carboxylic acids is 1. The summed E-state index contributed by atoms with van der Waals surface area (Å²) in [5, 5.41) is 0. The van der Waals surface area contributed by atoms with Crippen LogP contribution in [-0.2, 0) is 28.7 Å². The zero-order chi connectivity index (χ0) is 23.3. The Kier molecular flexibility index (Phi) is 6.70.